The molecule has 2 atom stereocenters. The summed E-state index contributed by atoms with van der Waals surface area (Å²) in [5, 5.41) is 3.44. The SMILES string of the molecule is CCCOc1ccccc1[C@H]1C(C(=O)OCc2ccccc2)=C(C)NC2=C1C(=O)C[C@H](c1ccccc1)C2. The van der Waals surface area contributed by atoms with Gasteiger partial charge < -0.3 is 14.8 Å². The molecule has 1 aliphatic heterocycles. The highest BCUT2D eigenvalue weighted by Gasteiger charge is 2.42. The molecule has 5 nitrogen and oxygen atoms in total. The van der Waals surface area contributed by atoms with Crippen LogP contribution in [0.25, 0.3) is 0 Å². The molecule has 1 heterocycles. The third kappa shape index (κ3) is 5.28. The minimum Gasteiger partial charge on any atom is -0.493 e. The number of carbonyl (C=O) groups is 2. The lowest BCUT2D eigenvalue weighted by atomic mass is 9.71. The third-order valence-corrected chi connectivity index (χ3v) is 7.22. The van der Waals surface area contributed by atoms with Crippen LogP contribution in [0, 0.1) is 0 Å². The van der Waals surface area contributed by atoms with Crippen molar-refractivity contribution in [2.24, 2.45) is 0 Å². The van der Waals surface area contributed by atoms with Crippen molar-refractivity contribution in [3.05, 3.63) is 124 Å². The topological polar surface area (TPSA) is 64.6 Å². The number of hydrogen-bond donors (Lipinski definition) is 1. The maximum atomic E-state index is 13.9. The van der Waals surface area contributed by atoms with Crippen molar-refractivity contribution in [1.29, 1.82) is 0 Å². The van der Waals surface area contributed by atoms with Gasteiger partial charge in [-0.05, 0) is 42.9 Å². The van der Waals surface area contributed by atoms with Gasteiger partial charge in [0, 0.05) is 29.0 Å². The molecule has 0 saturated carbocycles. The van der Waals surface area contributed by atoms with Crippen LogP contribution in [0.2, 0.25) is 0 Å². The average Bonchev–Trinajstić information content (AvgIpc) is 2.95. The van der Waals surface area contributed by atoms with E-state index < -0.39 is 11.9 Å². The van der Waals surface area contributed by atoms with Crippen molar-refractivity contribution < 1.29 is 19.1 Å². The van der Waals surface area contributed by atoms with E-state index in [0.717, 1.165) is 28.8 Å². The van der Waals surface area contributed by atoms with E-state index in [1.165, 1.54) is 0 Å². The van der Waals surface area contributed by atoms with Crippen LogP contribution in [0.1, 0.15) is 61.6 Å². The van der Waals surface area contributed by atoms with E-state index in [1.54, 1.807) is 0 Å². The molecular weight excluding hydrogens is 474 g/mol. The predicted molar refractivity (Wildman–Crippen MR) is 147 cm³/mol. The van der Waals surface area contributed by atoms with Crippen molar-refractivity contribution in [2.75, 3.05) is 6.61 Å². The molecule has 2 aliphatic rings. The standard InChI is InChI=1S/C33H33NO4/c1-3-18-37-29-17-11-10-16-26(29)31-30(33(36)38-21-23-12-6-4-7-13-23)22(2)34-27-19-25(20-28(35)32(27)31)24-14-8-5-9-15-24/h4-17,25,31,34H,3,18-21H2,1-2H3/t25-,31+/m1/s1. The van der Waals surface area contributed by atoms with Gasteiger partial charge in [-0.25, -0.2) is 4.79 Å². The predicted octanol–water partition coefficient (Wildman–Crippen LogP) is 6.58. The zero-order valence-electron chi connectivity index (χ0n) is 21.9. The summed E-state index contributed by atoms with van der Waals surface area (Å²) in [5.74, 6) is -0.178. The number of hydrogen-bond acceptors (Lipinski definition) is 5. The van der Waals surface area contributed by atoms with Gasteiger partial charge in [0.1, 0.15) is 12.4 Å². The Kier molecular flexibility index (Phi) is 7.73. The Morgan fingerprint density at radius 3 is 2.34 bits per heavy atom. The Bertz CT molecular complexity index is 1370. The molecule has 1 N–H and O–H groups in total. The van der Waals surface area contributed by atoms with E-state index in [1.807, 2.05) is 79.7 Å². The van der Waals surface area contributed by atoms with Crippen LogP contribution in [-0.2, 0) is 20.9 Å². The van der Waals surface area contributed by atoms with Gasteiger partial charge in [-0.1, -0.05) is 85.8 Å². The van der Waals surface area contributed by atoms with Gasteiger partial charge in [-0.15, -0.1) is 0 Å². The van der Waals surface area contributed by atoms with Gasteiger partial charge in [0.15, 0.2) is 5.78 Å². The summed E-state index contributed by atoms with van der Waals surface area (Å²) < 4.78 is 11.9. The van der Waals surface area contributed by atoms with E-state index in [9.17, 15) is 9.59 Å². The quantitative estimate of drug-likeness (QED) is 0.349. The van der Waals surface area contributed by atoms with Crippen molar-refractivity contribution in [3.63, 3.8) is 0 Å². The fourth-order valence-corrected chi connectivity index (χ4v) is 5.44. The van der Waals surface area contributed by atoms with E-state index in [4.69, 9.17) is 9.47 Å². The number of carbonyl (C=O) groups excluding carboxylic acids is 2. The number of rotatable bonds is 8. The van der Waals surface area contributed by atoms with Gasteiger partial charge in [0.05, 0.1) is 18.1 Å². The highest BCUT2D eigenvalue weighted by Crippen LogP contribution is 2.47. The average molecular weight is 508 g/mol. The second-order valence-electron chi connectivity index (χ2n) is 9.88. The lowest BCUT2D eigenvalue weighted by Crippen LogP contribution is -2.36. The van der Waals surface area contributed by atoms with E-state index >= 15 is 0 Å². The molecule has 5 rings (SSSR count). The van der Waals surface area contributed by atoms with Crippen LogP contribution >= 0.6 is 0 Å². The van der Waals surface area contributed by atoms with Gasteiger partial charge in [0.2, 0.25) is 0 Å². The summed E-state index contributed by atoms with van der Waals surface area (Å²) >= 11 is 0. The summed E-state index contributed by atoms with van der Waals surface area (Å²) in [6.07, 6.45) is 1.95. The second kappa shape index (κ2) is 11.5. The molecule has 5 heteroatoms. The number of ether oxygens (including phenoxy) is 2. The zero-order valence-corrected chi connectivity index (χ0v) is 21.9. The molecule has 0 aromatic heterocycles. The molecule has 0 bridgehead atoms. The van der Waals surface area contributed by atoms with Crippen LogP contribution in [0.5, 0.6) is 5.75 Å². The molecule has 0 amide bonds. The zero-order chi connectivity index (χ0) is 26.5. The van der Waals surface area contributed by atoms with Crippen LogP contribution in [-0.4, -0.2) is 18.4 Å². The molecule has 3 aromatic carbocycles. The molecule has 0 unspecified atom stereocenters. The Balaban J connectivity index is 1.55. The molecule has 0 saturated heterocycles. The van der Waals surface area contributed by atoms with Crippen LogP contribution < -0.4 is 10.1 Å². The van der Waals surface area contributed by atoms with Gasteiger partial charge in [-0.3, -0.25) is 4.79 Å². The lowest BCUT2D eigenvalue weighted by molar-refractivity contribution is -0.140. The lowest BCUT2D eigenvalue weighted by Gasteiger charge is -2.37. The minimum atomic E-state index is -0.563. The number of ketones is 1. The highest BCUT2D eigenvalue weighted by molar-refractivity contribution is 6.04. The van der Waals surface area contributed by atoms with E-state index in [0.29, 0.717) is 42.0 Å². The molecule has 3 aromatic rings. The summed E-state index contributed by atoms with van der Waals surface area (Å²) in [7, 11) is 0. The first-order chi connectivity index (χ1) is 18.6. The molecule has 0 fully saturated rings. The Hall–Kier alpha value is -4.12. The largest absolute Gasteiger partial charge is 0.493 e. The van der Waals surface area contributed by atoms with Gasteiger partial charge in [0.25, 0.3) is 0 Å². The molecule has 1 aliphatic carbocycles. The Morgan fingerprint density at radius 1 is 0.921 bits per heavy atom. The smallest absolute Gasteiger partial charge is 0.337 e. The fourth-order valence-electron chi connectivity index (χ4n) is 5.44. The molecule has 0 radical (unpaired) electrons. The molecule has 0 spiro atoms. The van der Waals surface area contributed by atoms with E-state index in [-0.39, 0.29) is 18.3 Å². The summed E-state index contributed by atoms with van der Waals surface area (Å²) in [6, 6.07) is 27.5. The Labute approximate surface area is 224 Å². The minimum absolute atomic E-state index is 0.0451. The Morgan fingerprint density at radius 2 is 1.61 bits per heavy atom. The summed E-state index contributed by atoms with van der Waals surface area (Å²) in [6.45, 7) is 4.65. The highest BCUT2D eigenvalue weighted by atomic mass is 16.5. The number of para-hydroxylation sites is 1. The number of esters is 1. The first-order valence-electron chi connectivity index (χ1n) is 13.3. The van der Waals surface area contributed by atoms with Crippen LogP contribution in [0.4, 0.5) is 0 Å². The summed E-state index contributed by atoms with van der Waals surface area (Å²) in [4.78, 5) is 27.5. The van der Waals surface area contributed by atoms with Crippen molar-refractivity contribution >= 4 is 11.8 Å². The van der Waals surface area contributed by atoms with Gasteiger partial charge >= 0.3 is 5.97 Å². The first-order valence-corrected chi connectivity index (χ1v) is 13.3. The number of allylic oxidation sites excluding steroid dienone is 3. The monoisotopic (exact) mass is 507 g/mol. The maximum absolute atomic E-state index is 13.9. The molecule has 38 heavy (non-hydrogen) atoms. The van der Waals surface area contributed by atoms with Crippen LogP contribution in [0.3, 0.4) is 0 Å². The third-order valence-electron chi connectivity index (χ3n) is 7.22. The number of Topliss-reactive ketones (excluding diaryl/α,β-unsaturated/α-hetero) is 1. The normalized spacial score (nSPS) is 19.1. The number of dihydropyridines is 1. The summed E-state index contributed by atoms with van der Waals surface area (Å²) in [5.41, 5.74) is 5.55. The maximum Gasteiger partial charge on any atom is 0.337 e. The van der Waals surface area contributed by atoms with E-state index in [2.05, 4.69) is 24.4 Å². The van der Waals surface area contributed by atoms with Gasteiger partial charge in [-0.2, -0.15) is 0 Å². The second-order valence-corrected chi connectivity index (χ2v) is 9.88. The molecular formula is C33H33NO4. The first kappa shape index (κ1) is 25.5. The molecule has 194 valence electrons. The fraction of sp³-hybridized carbons (Fsp3) is 0.273. The van der Waals surface area contributed by atoms with Crippen LogP contribution in [0.15, 0.2) is 107 Å². The van der Waals surface area contributed by atoms with Crippen molar-refractivity contribution in [3.8, 4) is 5.75 Å². The van der Waals surface area contributed by atoms with Crippen molar-refractivity contribution in [1.82, 2.24) is 5.32 Å². The number of benzene rings is 3. The van der Waals surface area contributed by atoms with Crippen molar-refractivity contribution in [2.45, 2.75) is 51.6 Å². The number of nitrogens with one attached hydrogen (secondary N) is 1.